The molecule has 0 aliphatic heterocycles. The van der Waals surface area contributed by atoms with Crippen molar-refractivity contribution in [3.05, 3.63) is 54.1 Å². The van der Waals surface area contributed by atoms with Crippen molar-refractivity contribution >= 4 is 7.60 Å². The molecule has 0 spiro atoms. The second kappa shape index (κ2) is 7.75. The van der Waals surface area contributed by atoms with Crippen LogP contribution in [0.4, 0.5) is 0 Å². The van der Waals surface area contributed by atoms with Gasteiger partial charge in [-0.15, -0.1) is 0 Å². The Morgan fingerprint density at radius 2 is 1.57 bits per heavy atom. The van der Waals surface area contributed by atoms with Gasteiger partial charge in [-0.3, -0.25) is 4.57 Å². The lowest BCUT2D eigenvalue weighted by Crippen LogP contribution is -2.09. The first-order valence-corrected chi connectivity index (χ1v) is 9.16. The first kappa shape index (κ1) is 17.7. The zero-order chi connectivity index (χ0) is 16.9. The first-order valence-electron chi connectivity index (χ1n) is 7.40. The van der Waals surface area contributed by atoms with Crippen LogP contribution in [-0.4, -0.2) is 22.9 Å². The quantitative estimate of drug-likeness (QED) is 0.594. The van der Waals surface area contributed by atoms with E-state index in [1.165, 1.54) is 0 Å². The Bertz CT molecular complexity index is 664. The second-order valence-corrected chi connectivity index (χ2v) is 7.00. The summed E-state index contributed by atoms with van der Waals surface area (Å²) in [6.45, 7) is 3.46. The lowest BCUT2D eigenvalue weighted by molar-refractivity contribution is -0.000285. The van der Waals surface area contributed by atoms with Gasteiger partial charge in [-0.05, 0) is 42.7 Å². The third-order valence-electron chi connectivity index (χ3n) is 3.16. The van der Waals surface area contributed by atoms with E-state index in [1.54, 1.807) is 26.0 Å². The summed E-state index contributed by atoms with van der Waals surface area (Å²) in [5, 5.41) is 9.18. The molecular weight excluding hydrogens is 315 g/mol. The molecule has 2 N–H and O–H groups in total. The van der Waals surface area contributed by atoms with E-state index in [0.29, 0.717) is 5.75 Å². The summed E-state index contributed by atoms with van der Waals surface area (Å²) in [6.07, 6.45) is -0.845. The average molecular weight is 336 g/mol. The van der Waals surface area contributed by atoms with Crippen LogP contribution in [0.3, 0.4) is 0 Å². The van der Waals surface area contributed by atoms with Crippen LogP contribution in [0, 0.1) is 0 Å². The SMILES string of the molecule is CCOP(=O)(O)Cc1ccc(-c2ccc(OC(C)O)cc2)cc1. The molecule has 0 amide bonds. The molecule has 6 heteroatoms. The number of rotatable bonds is 7. The van der Waals surface area contributed by atoms with Gasteiger partial charge >= 0.3 is 7.60 Å². The Kier molecular flexibility index (Phi) is 5.97. The second-order valence-electron chi connectivity index (χ2n) is 5.15. The van der Waals surface area contributed by atoms with Gasteiger partial charge in [0.05, 0.1) is 12.8 Å². The minimum atomic E-state index is -3.56. The number of hydrogen-bond acceptors (Lipinski definition) is 4. The smallest absolute Gasteiger partial charge is 0.332 e. The van der Waals surface area contributed by atoms with Gasteiger partial charge in [-0.25, -0.2) is 0 Å². The summed E-state index contributed by atoms with van der Waals surface area (Å²) < 4.78 is 21.8. The molecule has 2 atom stereocenters. The number of aliphatic hydroxyl groups excluding tert-OH is 1. The molecule has 2 rings (SSSR count). The minimum absolute atomic E-state index is 0.00227. The van der Waals surface area contributed by atoms with E-state index >= 15 is 0 Å². The standard InChI is InChI=1S/C17H21O5P/c1-3-21-23(19,20)12-14-4-6-15(7-5-14)16-8-10-17(11-9-16)22-13(2)18/h4-11,13,18H,3,12H2,1-2H3,(H,19,20). The first-order chi connectivity index (χ1) is 10.9. The van der Waals surface area contributed by atoms with Crippen LogP contribution < -0.4 is 4.74 Å². The Morgan fingerprint density at radius 3 is 2.04 bits per heavy atom. The molecule has 2 aromatic rings. The van der Waals surface area contributed by atoms with Gasteiger partial charge in [0.2, 0.25) is 0 Å². The molecule has 0 bridgehead atoms. The lowest BCUT2D eigenvalue weighted by Gasteiger charge is -2.11. The number of ether oxygens (including phenoxy) is 1. The van der Waals surface area contributed by atoms with E-state index in [2.05, 4.69) is 0 Å². The van der Waals surface area contributed by atoms with E-state index < -0.39 is 13.9 Å². The highest BCUT2D eigenvalue weighted by molar-refractivity contribution is 7.51. The molecular formula is C17H21O5P. The van der Waals surface area contributed by atoms with E-state index in [-0.39, 0.29) is 12.8 Å². The molecule has 0 aliphatic rings. The molecule has 0 radical (unpaired) electrons. The predicted molar refractivity (Wildman–Crippen MR) is 89.3 cm³/mol. The van der Waals surface area contributed by atoms with Gasteiger partial charge in [-0.2, -0.15) is 0 Å². The van der Waals surface area contributed by atoms with E-state index in [4.69, 9.17) is 9.26 Å². The predicted octanol–water partition coefficient (Wildman–Crippen LogP) is 3.79. The summed E-state index contributed by atoms with van der Waals surface area (Å²) in [5.74, 6) is 0.596. The fraction of sp³-hybridized carbons (Fsp3) is 0.294. The third-order valence-corrected chi connectivity index (χ3v) is 4.59. The van der Waals surface area contributed by atoms with E-state index in [0.717, 1.165) is 16.7 Å². The van der Waals surface area contributed by atoms with Crippen molar-refractivity contribution in [2.45, 2.75) is 26.3 Å². The van der Waals surface area contributed by atoms with Crippen molar-refractivity contribution in [2.24, 2.45) is 0 Å². The lowest BCUT2D eigenvalue weighted by atomic mass is 10.0. The topological polar surface area (TPSA) is 76.0 Å². The summed E-state index contributed by atoms with van der Waals surface area (Å²) in [4.78, 5) is 9.66. The summed E-state index contributed by atoms with van der Waals surface area (Å²) in [6, 6.07) is 14.8. The van der Waals surface area contributed by atoms with Crippen molar-refractivity contribution in [2.75, 3.05) is 6.61 Å². The summed E-state index contributed by atoms with van der Waals surface area (Å²) in [7, 11) is -3.56. The minimum Gasteiger partial charge on any atom is -0.465 e. The van der Waals surface area contributed by atoms with Crippen molar-refractivity contribution in [1.29, 1.82) is 0 Å². The Hall–Kier alpha value is -1.65. The Morgan fingerprint density at radius 1 is 1.04 bits per heavy atom. The van der Waals surface area contributed by atoms with Crippen LogP contribution in [0.5, 0.6) is 5.75 Å². The van der Waals surface area contributed by atoms with E-state index in [9.17, 15) is 14.6 Å². The third kappa shape index (κ3) is 5.48. The highest BCUT2D eigenvalue weighted by atomic mass is 31.2. The molecule has 2 unspecified atom stereocenters. The maximum absolute atomic E-state index is 11.8. The van der Waals surface area contributed by atoms with Crippen molar-refractivity contribution in [1.82, 2.24) is 0 Å². The van der Waals surface area contributed by atoms with Crippen LogP contribution in [-0.2, 0) is 15.3 Å². The van der Waals surface area contributed by atoms with Gasteiger partial charge in [0.1, 0.15) is 5.75 Å². The molecule has 0 saturated carbocycles. The van der Waals surface area contributed by atoms with Crippen LogP contribution in [0.15, 0.2) is 48.5 Å². The van der Waals surface area contributed by atoms with Gasteiger partial charge in [0.25, 0.3) is 0 Å². The molecule has 0 aromatic heterocycles. The number of aliphatic hydroxyl groups is 1. The largest absolute Gasteiger partial charge is 0.465 e. The fourth-order valence-corrected chi connectivity index (χ4v) is 3.37. The monoisotopic (exact) mass is 336 g/mol. The molecule has 0 heterocycles. The van der Waals surface area contributed by atoms with Crippen LogP contribution in [0.25, 0.3) is 11.1 Å². The normalized spacial score (nSPS) is 15.0. The maximum atomic E-state index is 11.8. The van der Waals surface area contributed by atoms with Gasteiger partial charge in [0.15, 0.2) is 6.29 Å². The van der Waals surface area contributed by atoms with Crippen LogP contribution >= 0.6 is 7.60 Å². The Balaban J connectivity index is 2.08. The van der Waals surface area contributed by atoms with E-state index in [1.807, 2.05) is 36.4 Å². The highest BCUT2D eigenvalue weighted by Crippen LogP contribution is 2.45. The van der Waals surface area contributed by atoms with Crippen LogP contribution in [0.1, 0.15) is 19.4 Å². The molecule has 23 heavy (non-hydrogen) atoms. The van der Waals surface area contributed by atoms with Crippen molar-refractivity contribution in [3.8, 4) is 16.9 Å². The summed E-state index contributed by atoms with van der Waals surface area (Å²) >= 11 is 0. The Labute approximate surface area is 136 Å². The van der Waals surface area contributed by atoms with Gasteiger partial charge in [0, 0.05) is 0 Å². The molecule has 5 nitrogen and oxygen atoms in total. The van der Waals surface area contributed by atoms with Crippen LogP contribution in [0.2, 0.25) is 0 Å². The molecule has 0 saturated heterocycles. The number of benzene rings is 2. The zero-order valence-corrected chi connectivity index (χ0v) is 14.1. The molecule has 124 valence electrons. The highest BCUT2D eigenvalue weighted by Gasteiger charge is 2.18. The molecule has 2 aromatic carbocycles. The fourth-order valence-electron chi connectivity index (χ4n) is 2.20. The summed E-state index contributed by atoms with van der Waals surface area (Å²) in [5.41, 5.74) is 2.73. The zero-order valence-electron chi connectivity index (χ0n) is 13.2. The number of hydrogen-bond donors (Lipinski definition) is 2. The van der Waals surface area contributed by atoms with Gasteiger partial charge < -0.3 is 19.3 Å². The maximum Gasteiger partial charge on any atom is 0.332 e. The average Bonchev–Trinajstić information content (AvgIpc) is 2.48. The van der Waals surface area contributed by atoms with Crippen molar-refractivity contribution < 1.29 is 23.8 Å². The van der Waals surface area contributed by atoms with Crippen molar-refractivity contribution in [3.63, 3.8) is 0 Å². The molecule has 0 aliphatic carbocycles. The molecule has 0 fully saturated rings. The van der Waals surface area contributed by atoms with Gasteiger partial charge in [-0.1, -0.05) is 36.4 Å².